The van der Waals surface area contributed by atoms with Gasteiger partial charge in [-0.3, -0.25) is 14.9 Å². The van der Waals surface area contributed by atoms with E-state index in [1.807, 2.05) is 6.08 Å². The molecule has 84 valence electrons. The summed E-state index contributed by atoms with van der Waals surface area (Å²) in [5.41, 5.74) is 5.98. The number of nitrogens with zero attached hydrogens (tertiary/aromatic N) is 1. The SMILES string of the molecule is NCCC=Cc1ccc([N+](=O)[O-])c(C=O)c1. The Hall–Kier alpha value is -2.01. The van der Waals surface area contributed by atoms with E-state index >= 15 is 0 Å². The molecular formula is C11H12N2O3. The van der Waals surface area contributed by atoms with E-state index in [0.29, 0.717) is 12.8 Å². The van der Waals surface area contributed by atoms with E-state index in [0.717, 1.165) is 12.0 Å². The minimum absolute atomic E-state index is 0.0832. The van der Waals surface area contributed by atoms with Crippen molar-refractivity contribution >= 4 is 18.0 Å². The second kappa shape index (κ2) is 5.77. The van der Waals surface area contributed by atoms with Gasteiger partial charge in [-0.15, -0.1) is 0 Å². The van der Waals surface area contributed by atoms with Crippen molar-refractivity contribution in [2.75, 3.05) is 6.54 Å². The van der Waals surface area contributed by atoms with Crippen LogP contribution in [0, 0.1) is 10.1 Å². The van der Waals surface area contributed by atoms with E-state index in [1.54, 1.807) is 12.1 Å². The fourth-order valence-electron chi connectivity index (χ4n) is 1.25. The van der Waals surface area contributed by atoms with Crippen LogP contribution in [0.1, 0.15) is 22.3 Å². The number of nitrogens with two attached hydrogens (primary N) is 1. The van der Waals surface area contributed by atoms with Gasteiger partial charge in [0.2, 0.25) is 0 Å². The summed E-state index contributed by atoms with van der Waals surface area (Å²) in [6, 6.07) is 4.40. The van der Waals surface area contributed by atoms with Crippen LogP contribution < -0.4 is 5.73 Å². The van der Waals surface area contributed by atoms with E-state index in [1.165, 1.54) is 12.1 Å². The summed E-state index contributed by atoms with van der Waals surface area (Å²) in [6.45, 7) is 0.546. The molecule has 0 aromatic heterocycles. The van der Waals surface area contributed by atoms with Gasteiger partial charge in [-0.25, -0.2) is 0 Å². The van der Waals surface area contributed by atoms with Crippen molar-refractivity contribution in [2.24, 2.45) is 5.73 Å². The molecule has 2 N–H and O–H groups in total. The number of benzene rings is 1. The lowest BCUT2D eigenvalue weighted by Gasteiger charge is -1.97. The summed E-state index contributed by atoms with van der Waals surface area (Å²) in [5, 5.41) is 10.6. The molecule has 0 fully saturated rings. The number of carbonyl (C=O) groups excluding carboxylic acids is 1. The fourth-order valence-corrected chi connectivity index (χ4v) is 1.25. The van der Waals surface area contributed by atoms with Crippen LogP contribution in [-0.4, -0.2) is 17.8 Å². The maximum absolute atomic E-state index is 10.7. The number of nitro groups is 1. The highest BCUT2D eigenvalue weighted by molar-refractivity contribution is 5.82. The van der Waals surface area contributed by atoms with Crippen molar-refractivity contribution in [1.29, 1.82) is 0 Å². The first-order valence-corrected chi connectivity index (χ1v) is 4.79. The third-order valence-electron chi connectivity index (χ3n) is 2.02. The Labute approximate surface area is 92.7 Å². The van der Waals surface area contributed by atoms with Gasteiger partial charge in [-0.05, 0) is 30.7 Å². The molecule has 0 aliphatic heterocycles. The maximum atomic E-state index is 10.7. The molecule has 1 aromatic rings. The molecule has 0 atom stereocenters. The third-order valence-corrected chi connectivity index (χ3v) is 2.02. The van der Waals surface area contributed by atoms with Crippen LogP contribution in [0.15, 0.2) is 24.3 Å². The van der Waals surface area contributed by atoms with Crippen molar-refractivity contribution in [2.45, 2.75) is 6.42 Å². The van der Waals surface area contributed by atoms with E-state index in [2.05, 4.69) is 0 Å². The summed E-state index contributed by atoms with van der Waals surface area (Å²) >= 11 is 0. The van der Waals surface area contributed by atoms with Gasteiger partial charge in [0.05, 0.1) is 10.5 Å². The lowest BCUT2D eigenvalue weighted by atomic mass is 10.1. The Morgan fingerprint density at radius 2 is 2.19 bits per heavy atom. The zero-order chi connectivity index (χ0) is 12.0. The molecule has 0 saturated carbocycles. The van der Waals surface area contributed by atoms with E-state index in [4.69, 9.17) is 5.73 Å². The third kappa shape index (κ3) is 2.99. The van der Waals surface area contributed by atoms with Gasteiger partial charge in [0.25, 0.3) is 5.69 Å². The Kier molecular flexibility index (Phi) is 4.35. The predicted molar refractivity (Wildman–Crippen MR) is 61.2 cm³/mol. The fraction of sp³-hybridized carbons (Fsp3) is 0.182. The molecule has 0 radical (unpaired) electrons. The van der Waals surface area contributed by atoms with Crippen molar-refractivity contribution in [1.82, 2.24) is 0 Å². The first-order valence-electron chi connectivity index (χ1n) is 4.79. The van der Waals surface area contributed by atoms with Gasteiger partial charge < -0.3 is 5.73 Å². The molecule has 0 bridgehead atoms. The van der Waals surface area contributed by atoms with Crippen LogP contribution in [0.4, 0.5) is 5.69 Å². The number of hydrogen-bond donors (Lipinski definition) is 1. The van der Waals surface area contributed by atoms with Gasteiger partial charge in [0.15, 0.2) is 6.29 Å². The first kappa shape index (κ1) is 12.1. The molecule has 5 heteroatoms. The van der Waals surface area contributed by atoms with Crippen molar-refractivity contribution < 1.29 is 9.72 Å². The highest BCUT2D eigenvalue weighted by Crippen LogP contribution is 2.18. The quantitative estimate of drug-likeness (QED) is 0.465. The zero-order valence-electron chi connectivity index (χ0n) is 8.63. The van der Waals surface area contributed by atoms with Crippen LogP contribution in [0.25, 0.3) is 6.08 Å². The highest BCUT2D eigenvalue weighted by Gasteiger charge is 2.12. The smallest absolute Gasteiger partial charge is 0.279 e. The van der Waals surface area contributed by atoms with Crippen LogP contribution in [-0.2, 0) is 0 Å². The molecule has 5 nitrogen and oxygen atoms in total. The van der Waals surface area contributed by atoms with Gasteiger partial charge in [-0.1, -0.05) is 12.2 Å². The summed E-state index contributed by atoms with van der Waals surface area (Å²) < 4.78 is 0. The second-order valence-electron chi connectivity index (χ2n) is 3.17. The second-order valence-corrected chi connectivity index (χ2v) is 3.17. The van der Waals surface area contributed by atoms with Gasteiger partial charge >= 0.3 is 0 Å². The maximum Gasteiger partial charge on any atom is 0.279 e. The largest absolute Gasteiger partial charge is 0.330 e. The van der Waals surface area contributed by atoms with E-state index in [-0.39, 0.29) is 11.3 Å². The molecule has 0 aliphatic carbocycles. The Bertz CT molecular complexity index is 427. The van der Waals surface area contributed by atoms with Crippen LogP contribution in [0.2, 0.25) is 0 Å². The molecule has 1 rings (SSSR count). The molecule has 1 aromatic carbocycles. The number of hydrogen-bond acceptors (Lipinski definition) is 4. The Morgan fingerprint density at radius 3 is 2.75 bits per heavy atom. The summed E-state index contributed by atoms with van der Waals surface area (Å²) in [4.78, 5) is 20.7. The normalized spacial score (nSPS) is 10.6. The standard InChI is InChI=1S/C11H12N2O3/c12-6-2-1-3-9-4-5-11(13(15)16)10(7-9)8-14/h1,3-5,7-8H,2,6,12H2. The molecular weight excluding hydrogens is 208 g/mol. The van der Waals surface area contributed by atoms with Crippen molar-refractivity contribution in [3.8, 4) is 0 Å². The Morgan fingerprint density at radius 1 is 1.44 bits per heavy atom. The molecule has 16 heavy (non-hydrogen) atoms. The molecule has 0 spiro atoms. The molecule has 0 unspecified atom stereocenters. The molecule has 0 aliphatic rings. The summed E-state index contributed by atoms with van der Waals surface area (Å²) in [5.74, 6) is 0. The lowest BCUT2D eigenvalue weighted by molar-refractivity contribution is -0.385. The van der Waals surface area contributed by atoms with Gasteiger partial charge in [0.1, 0.15) is 0 Å². The van der Waals surface area contributed by atoms with E-state index < -0.39 is 4.92 Å². The lowest BCUT2D eigenvalue weighted by Crippen LogP contribution is -1.95. The van der Waals surface area contributed by atoms with Crippen molar-refractivity contribution in [3.05, 3.63) is 45.5 Å². The zero-order valence-corrected chi connectivity index (χ0v) is 8.63. The number of carbonyl (C=O) groups is 1. The number of rotatable bonds is 5. The Balaban J connectivity index is 2.99. The topological polar surface area (TPSA) is 86.2 Å². The summed E-state index contributed by atoms with van der Waals surface area (Å²) in [7, 11) is 0. The minimum atomic E-state index is -0.572. The number of nitro benzene ring substituents is 1. The minimum Gasteiger partial charge on any atom is -0.330 e. The molecule has 0 saturated heterocycles. The predicted octanol–water partition coefficient (Wildman–Crippen LogP) is 1.77. The van der Waals surface area contributed by atoms with Gasteiger partial charge in [0, 0.05) is 6.07 Å². The van der Waals surface area contributed by atoms with E-state index in [9.17, 15) is 14.9 Å². The first-order chi connectivity index (χ1) is 7.69. The monoisotopic (exact) mass is 220 g/mol. The average molecular weight is 220 g/mol. The van der Waals surface area contributed by atoms with Crippen LogP contribution in [0.5, 0.6) is 0 Å². The van der Waals surface area contributed by atoms with Crippen LogP contribution >= 0.6 is 0 Å². The molecule has 0 heterocycles. The molecule has 0 amide bonds. The summed E-state index contributed by atoms with van der Waals surface area (Å²) in [6.07, 6.45) is 4.85. The average Bonchev–Trinajstić information content (AvgIpc) is 2.29. The van der Waals surface area contributed by atoms with Crippen LogP contribution in [0.3, 0.4) is 0 Å². The van der Waals surface area contributed by atoms with Crippen molar-refractivity contribution in [3.63, 3.8) is 0 Å². The number of aldehydes is 1. The van der Waals surface area contributed by atoms with Gasteiger partial charge in [-0.2, -0.15) is 0 Å². The highest BCUT2D eigenvalue weighted by atomic mass is 16.6.